The lowest BCUT2D eigenvalue weighted by Gasteiger charge is -2.23. The number of hydrogen-bond acceptors (Lipinski definition) is 4. The van der Waals surface area contributed by atoms with E-state index in [2.05, 4.69) is 9.97 Å². The summed E-state index contributed by atoms with van der Waals surface area (Å²) in [7, 11) is 0. The Labute approximate surface area is 190 Å². The van der Waals surface area contributed by atoms with Gasteiger partial charge in [0.1, 0.15) is 6.54 Å². The van der Waals surface area contributed by atoms with Crippen molar-refractivity contribution in [1.82, 2.24) is 14.5 Å². The smallest absolute Gasteiger partial charge is 0.311 e. The van der Waals surface area contributed by atoms with Crippen molar-refractivity contribution in [2.24, 2.45) is 0 Å². The number of rotatable bonds is 4. The molecule has 5 rings (SSSR count). The average Bonchev–Trinajstić information content (AvgIpc) is 3.37. The molecule has 0 N–H and O–H groups in total. The second-order valence-corrected chi connectivity index (χ2v) is 8.50. The van der Waals surface area contributed by atoms with Crippen molar-refractivity contribution in [3.8, 4) is 0 Å². The highest BCUT2D eigenvalue weighted by molar-refractivity contribution is 7.22. The Kier molecular flexibility index (Phi) is 5.13. The summed E-state index contributed by atoms with van der Waals surface area (Å²) >= 11 is 1.31. The number of anilines is 2. The van der Waals surface area contributed by atoms with Crippen molar-refractivity contribution in [3.63, 3.8) is 0 Å². The van der Waals surface area contributed by atoms with Gasteiger partial charge in [0.25, 0.3) is 5.91 Å². The summed E-state index contributed by atoms with van der Waals surface area (Å²) in [5.74, 6) is -1.65. The third-order valence-corrected chi connectivity index (χ3v) is 6.30. The third kappa shape index (κ3) is 3.84. The number of aryl methyl sites for hydroxylation is 1. The van der Waals surface area contributed by atoms with Crippen LogP contribution in [0.2, 0.25) is 0 Å². The molecule has 0 aliphatic heterocycles. The Morgan fingerprint density at radius 3 is 2.33 bits per heavy atom. The second kappa shape index (κ2) is 8.00. The van der Waals surface area contributed by atoms with E-state index < -0.39 is 24.5 Å². The summed E-state index contributed by atoms with van der Waals surface area (Å²) in [6, 6.07) is 20.9. The lowest BCUT2D eigenvalue weighted by Crippen LogP contribution is -2.31. The summed E-state index contributed by atoms with van der Waals surface area (Å²) in [6.07, 6.45) is -4.71. The van der Waals surface area contributed by atoms with E-state index in [0.29, 0.717) is 16.3 Å². The van der Waals surface area contributed by atoms with E-state index >= 15 is 0 Å². The largest absolute Gasteiger partial charge is 0.449 e. The van der Waals surface area contributed by atoms with E-state index in [1.807, 2.05) is 43.3 Å². The number of fused-ring (bicyclic) bond motifs is 2. The molecule has 0 spiro atoms. The molecule has 5 aromatic rings. The summed E-state index contributed by atoms with van der Waals surface area (Å²) in [4.78, 5) is 23.4. The minimum Gasteiger partial charge on any atom is -0.311 e. The SMILES string of the molecule is Cc1ccccc1N(C(=O)Cn1c(C(F)(F)F)nc2ccccc21)c1nc2ccccc2s1. The van der Waals surface area contributed by atoms with Crippen LogP contribution in [0, 0.1) is 6.92 Å². The van der Waals surface area contributed by atoms with E-state index in [0.717, 1.165) is 14.8 Å². The van der Waals surface area contributed by atoms with Crippen molar-refractivity contribution in [3.05, 3.63) is 84.2 Å². The van der Waals surface area contributed by atoms with Crippen LogP contribution >= 0.6 is 11.3 Å². The first-order chi connectivity index (χ1) is 15.8. The number of amides is 1. The Bertz CT molecular complexity index is 1460. The normalized spacial score (nSPS) is 11.9. The maximum atomic E-state index is 13.8. The number of halogens is 3. The second-order valence-electron chi connectivity index (χ2n) is 7.49. The number of benzene rings is 3. The fourth-order valence-corrected chi connectivity index (χ4v) is 4.77. The van der Waals surface area contributed by atoms with Crippen LogP contribution in [-0.4, -0.2) is 20.4 Å². The third-order valence-electron chi connectivity index (χ3n) is 5.28. The first-order valence-corrected chi connectivity index (χ1v) is 10.9. The van der Waals surface area contributed by atoms with Crippen LogP contribution in [0.15, 0.2) is 72.8 Å². The predicted molar refractivity (Wildman–Crippen MR) is 123 cm³/mol. The molecule has 0 aliphatic carbocycles. The molecule has 0 saturated heterocycles. The Hall–Kier alpha value is -3.72. The van der Waals surface area contributed by atoms with E-state index in [4.69, 9.17) is 0 Å². The van der Waals surface area contributed by atoms with Gasteiger partial charge in [-0.05, 0) is 42.8 Å². The number of nitrogens with zero attached hydrogens (tertiary/aromatic N) is 4. The first-order valence-electron chi connectivity index (χ1n) is 10.1. The standard InChI is InChI=1S/C24H17F3N4OS/c1-15-8-2-5-11-18(15)31(23-29-17-10-4-7-13-20(17)33-23)21(32)14-30-19-12-6-3-9-16(19)28-22(30)24(25,26)27/h2-13H,14H2,1H3. The highest BCUT2D eigenvalue weighted by atomic mass is 32.1. The summed E-state index contributed by atoms with van der Waals surface area (Å²) in [6.45, 7) is 1.30. The van der Waals surface area contributed by atoms with Gasteiger partial charge in [0, 0.05) is 0 Å². The monoisotopic (exact) mass is 466 g/mol. The quantitative estimate of drug-likeness (QED) is 0.311. The minimum atomic E-state index is -4.71. The van der Waals surface area contributed by atoms with Crippen molar-refractivity contribution < 1.29 is 18.0 Å². The summed E-state index contributed by atoms with van der Waals surface area (Å²) in [5.41, 5.74) is 2.51. The molecule has 9 heteroatoms. The molecule has 0 bridgehead atoms. The fraction of sp³-hybridized carbons (Fsp3) is 0.125. The molecule has 0 radical (unpaired) electrons. The zero-order valence-corrected chi connectivity index (χ0v) is 18.2. The van der Waals surface area contributed by atoms with Gasteiger partial charge < -0.3 is 4.57 Å². The number of imidazole rings is 1. The van der Waals surface area contributed by atoms with Gasteiger partial charge in [-0.25, -0.2) is 9.97 Å². The molecule has 5 nitrogen and oxygen atoms in total. The molecule has 0 fully saturated rings. The molecule has 1 amide bonds. The molecular weight excluding hydrogens is 449 g/mol. The number of hydrogen-bond donors (Lipinski definition) is 0. The maximum absolute atomic E-state index is 13.8. The fourth-order valence-electron chi connectivity index (χ4n) is 3.77. The Morgan fingerprint density at radius 1 is 0.939 bits per heavy atom. The number of thiazole rings is 1. The van der Waals surface area contributed by atoms with Gasteiger partial charge in [-0.2, -0.15) is 13.2 Å². The summed E-state index contributed by atoms with van der Waals surface area (Å²) in [5, 5.41) is 0.397. The number of aromatic nitrogens is 3. The van der Waals surface area contributed by atoms with E-state index in [-0.39, 0.29) is 11.0 Å². The molecule has 166 valence electrons. The number of alkyl halides is 3. The molecule has 2 aromatic heterocycles. The van der Waals surface area contributed by atoms with Crippen LogP contribution in [0.25, 0.3) is 21.3 Å². The van der Waals surface area contributed by atoms with E-state index in [1.54, 1.807) is 24.3 Å². The van der Waals surface area contributed by atoms with Gasteiger partial charge in [-0.15, -0.1) is 0 Å². The molecule has 33 heavy (non-hydrogen) atoms. The molecule has 2 heterocycles. The highest BCUT2D eigenvalue weighted by Crippen LogP contribution is 2.36. The molecule has 0 atom stereocenters. The van der Waals surface area contributed by atoms with Gasteiger partial charge in [0.15, 0.2) is 5.13 Å². The lowest BCUT2D eigenvalue weighted by atomic mass is 10.2. The molecule has 0 saturated carbocycles. The summed E-state index contributed by atoms with van der Waals surface area (Å²) < 4.78 is 43.1. The number of carbonyl (C=O) groups excluding carboxylic acids is 1. The van der Waals surface area contributed by atoms with Crippen LogP contribution in [-0.2, 0) is 17.5 Å². The zero-order valence-electron chi connectivity index (χ0n) is 17.4. The van der Waals surface area contributed by atoms with E-state index in [9.17, 15) is 18.0 Å². The van der Waals surface area contributed by atoms with E-state index in [1.165, 1.54) is 28.4 Å². The molecule has 3 aromatic carbocycles. The van der Waals surface area contributed by atoms with Crippen molar-refractivity contribution in [1.29, 1.82) is 0 Å². The average molecular weight is 466 g/mol. The van der Waals surface area contributed by atoms with Gasteiger partial charge >= 0.3 is 6.18 Å². The Morgan fingerprint density at radius 2 is 1.61 bits per heavy atom. The van der Waals surface area contributed by atoms with Crippen molar-refractivity contribution in [2.45, 2.75) is 19.6 Å². The minimum absolute atomic E-state index is 0.181. The number of carbonyl (C=O) groups is 1. The van der Waals surface area contributed by atoms with Crippen LogP contribution in [0.3, 0.4) is 0 Å². The first kappa shape index (κ1) is 21.1. The van der Waals surface area contributed by atoms with Crippen LogP contribution in [0.1, 0.15) is 11.4 Å². The van der Waals surface area contributed by atoms with Crippen LogP contribution in [0.4, 0.5) is 24.0 Å². The van der Waals surface area contributed by atoms with Gasteiger partial charge in [-0.1, -0.05) is 53.8 Å². The lowest BCUT2D eigenvalue weighted by molar-refractivity contribution is -0.147. The molecule has 0 unspecified atom stereocenters. The Balaban J connectivity index is 1.64. The van der Waals surface area contributed by atoms with Crippen LogP contribution in [0.5, 0.6) is 0 Å². The van der Waals surface area contributed by atoms with Gasteiger partial charge in [0.05, 0.1) is 26.9 Å². The maximum Gasteiger partial charge on any atom is 0.449 e. The number of para-hydroxylation sites is 4. The zero-order chi connectivity index (χ0) is 23.2. The van der Waals surface area contributed by atoms with Gasteiger partial charge in [-0.3, -0.25) is 9.69 Å². The van der Waals surface area contributed by atoms with Crippen molar-refractivity contribution in [2.75, 3.05) is 4.90 Å². The highest BCUT2D eigenvalue weighted by Gasteiger charge is 2.38. The molecular formula is C24H17F3N4OS. The van der Waals surface area contributed by atoms with Crippen molar-refractivity contribution >= 4 is 49.3 Å². The van der Waals surface area contributed by atoms with Crippen LogP contribution < -0.4 is 4.90 Å². The topological polar surface area (TPSA) is 51.0 Å². The molecule has 0 aliphatic rings. The predicted octanol–water partition coefficient (Wildman–Crippen LogP) is 6.34. The van der Waals surface area contributed by atoms with Gasteiger partial charge in [0.2, 0.25) is 5.82 Å².